The van der Waals surface area contributed by atoms with Crippen molar-refractivity contribution in [3.05, 3.63) is 71.6 Å². The van der Waals surface area contributed by atoms with Gasteiger partial charge in [-0.1, -0.05) is 17.7 Å². The summed E-state index contributed by atoms with van der Waals surface area (Å²) < 4.78 is 0. The van der Waals surface area contributed by atoms with E-state index in [4.69, 9.17) is 0 Å². The number of nitrogens with zero attached hydrogens (tertiary/aromatic N) is 2. The topological polar surface area (TPSA) is 95.3 Å². The van der Waals surface area contributed by atoms with Gasteiger partial charge in [0.25, 0.3) is 0 Å². The molecule has 3 N–H and O–H groups in total. The number of aromatic nitrogens is 2. The number of carbonyl (C=O) groups is 1. The van der Waals surface area contributed by atoms with E-state index in [0.717, 1.165) is 16.7 Å². The summed E-state index contributed by atoms with van der Waals surface area (Å²) >= 11 is 0. The zero-order valence-electron chi connectivity index (χ0n) is 15.7. The van der Waals surface area contributed by atoms with Crippen LogP contribution in [0.15, 0.2) is 60.3 Å². The van der Waals surface area contributed by atoms with Crippen molar-refractivity contribution in [3.63, 3.8) is 0 Å². The molecule has 2 aromatic carbocycles. The molecule has 3 rings (SSSR count). The number of carbonyl (C=O) groups excluding carboxylic acids is 1. The summed E-state index contributed by atoms with van der Waals surface area (Å²) in [7, 11) is 0. The van der Waals surface area contributed by atoms with E-state index in [1.54, 1.807) is 54.7 Å². The summed E-state index contributed by atoms with van der Waals surface area (Å²) in [5.41, 5.74) is 3.82. The molecule has 28 heavy (non-hydrogen) atoms. The quantitative estimate of drug-likeness (QED) is 0.622. The van der Waals surface area contributed by atoms with Gasteiger partial charge in [0.2, 0.25) is 5.91 Å². The van der Waals surface area contributed by atoms with Gasteiger partial charge in [-0.05, 0) is 61.9 Å². The summed E-state index contributed by atoms with van der Waals surface area (Å²) in [5.74, 6) is 0.498. The molecule has 0 saturated carbocycles. The van der Waals surface area contributed by atoms with Gasteiger partial charge in [0.05, 0.1) is 18.3 Å². The molecule has 6 nitrogen and oxygen atoms in total. The number of allylic oxidation sites excluding steroid dienone is 1. The molecular weight excluding hydrogens is 354 g/mol. The third kappa shape index (κ3) is 4.94. The van der Waals surface area contributed by atoms with Crippen LogP contribution in [0, 0.1) is 0 Å². The number of aromatic hydroxyl groups is 2. The number of anilines is 1. The van der Waals surface area contributed by atoms with Crippen LogP contribution in [0.5, 0.6) is 11.5 Å². The number of phenolic OH excluding ortho intramolecular Hbond substituents is 2. The van der Waals surface area contributed by atoms with Crippen molar-refractivity contribution in [2.24, 2.45) is 0 Å². The van der Waals surface area contributed by atoms with Gasteiger partial charge in [-0.2, -0.15) is 0 Å². The van der Waals surface area contributed by atoms with E-state index in [9.17, 15) is 15.0 Å². The van der Waals surface area contributed by atoms with Crippen molar-refractivity contribution in [2.75, 3.05) is 5.32 Å². The Morgan fingerprint density at radius 2 is 1.61 bits per heavy atom. The first-order valence-electron chi connectivity index (χ1n) is 8.80. The molecule has 0 atom stereocenters. The number of rotatable bonds is 5. The number of phenols is 2. The molecule has 0 bridgehead atoms. The van der Waals surface area contributed by atoms with E-state index in [1.165, 1.54) is 0 Å². The number of benzene rings is 2. The van der Waals surface area contributed by atoms with Crippen molar-refractivity contribution >= 4 is 17.8 Å². The van der Waals surface area contributed by atoms with Gasteiger partial charge >= 0.3 is 0 Å². The van der Waals surface area contributed by atoms with Crippen LogP contribution in [0.25, 0.3) is 17.3 Å². The molecule has 0 unspecified atom stereocenters. The molecule has 0 radical (unpaired) electrons. The second-order valence-electron chi connectivity index (χ2n) is 6.65. The van der Waals surface area contributed by atoms with Crippen molar-refractivity contribution in [1.82, 2.24) is 9.97 Å². The van der Waals surface area contributed by atoms with Crippen molar-refractivity contribution in [3.8, 4) is 22.8 Å². The fourth-order valence-corrected chi connectivity index (χ4v) is 2.62. The molecule has 0 fully saturated rings. The lowest BCUT2D eigenvalue weighted by atomic mass is 10.1. The number of hydrogen-bond donors (Lipinski definition) is 3. The Labute approximate surface area is 163 Å². The second-order valence-corrected chi connectivity index (χ2v) is 6.65. The molecule has 0 saturated heterocycles. The molecule has 0 aliphatic rings. The average molecular weight is 375 g/mol. The lowest BCUT2D eigenvalue weighted by molar-refractivity contribution is -0.115. The number of nitrogens with one attached hydrogen (secondary N) is 1. The standard InChI is InChI=1S/C22H21N3O3/c1-14(2)11-19-22(25-21(28)12-15-3-7-17(26)8-4-15)23-13-20(24-19)16-5-9-18(27)10-6-16/h3-11,13,26-27H,12H2,1-2H3,(H,23,25,28). The third-order valence-corrected chi connectivity index (χ3v) is 3.95. The maximum Gasteiger partial charge on any atom is 0.230 e. The molecule has 1 heterocycles. The highest BCUT2D eigenvalue weighted by Crippen LogP contribution is 2.23. The minimum absolute atomic E-state index is 0.158. The Kier molecular flexibility index (Phi) is 5.69. The number of amides is 1. The summed E-state index contributed by atoms with van der Waals surface area (Å²) in [4.78, 5) is 21.4. The van der Waals surface area contributed by atoms with Gasteiger partial charge in [-0.25, -0.2) is 9.97 Å². The van der Waals surface area contributed by atoms with Crippen LogP contribution in [0.2, 0.25) is 0 Å². The third-order valence-electron chi connectivity index (χ3n) is 3.95. The molecule has 1 aromatic heterocycles. The van der Waals surface area contributed by atoms with Crippen molar-refractivity contribution in [1.29, 1.82) is 0 Å². The van der Waals surface area contributed by atoms with Gasteiger partial charge in [0.15, 0.2) is 5.82 Å². The molecule has 142 valence electrons. The van der Waals surface area contributed by atoms with Crippen LogP contribution >= 0.6 is 0 Å². The Morgan fingerprint density at radius 1 is 1.00 bits per heavy atom. The Bertz CT molecular complexity index is 1010. The zero-order chi connectivity index (χ0) is 20.1. The molecule has 0 aliphatic carbocycles. The van der Waals surface area contributed by atoms with Gasteiger partial charge in [0.1, 0.15) is 17.2 Å². The zero-order valence-corrected chi connectivity index (χ0v) is 15.7. The van der Waals surface area contributed by atoms with Gasteiger partial charge < -0.3 is 15.5 Å². The van der Waals surface area contributed by atoms with Gasteiger partial charge in [-0.15, -0.1) is 0 Å². The Hall–Kier alpha value is -3.67. The van der Waals surface area contributed by atoms with Crippen LogP contribution in [0.1, 0.15) is 25.1 Å². The molecule has 3 aromatic rings. The van der Waals surface area contributed by atoms with Crippen LogP contribution in [0.4, 0.5) is 5.82 Å². The first-order valence-corrected chi connectivity index (χ1v) is 8.80. The fourth-order valence-electron chi connectivity index (χ4n) is 2.62. The molecule has 1 amide bonds. The summed E-state index contributed by atoms with van der Waals surface area (Å²) in [6.07, 6.45) is 3.61. The van der Waals surface area contributed by atoms with Crippen molar-refractivity contribution < 1.29 is 15.0 Å². The molecule has 6 heteroatoms. The largest absolute Gasteiger partial charge is 0.508 e. The van der Waals surface area contributed by atoms with E-state index >= 15 is 0 Å². The maximum atomic E-state index is 12.4. The van der Waals surface area contributed by atoms with Crippen LogP contribution < -0.4 is 5.32 Å². The van der Waals surface area contributed by atoms with E-state index in [-0.39, 0.29) is 23.8 Å². The predicted molar refractivity (Wildman–Crippen MR) is 109 cm³/mol. The lowest BCUT2D eigenvalue weighted by Crippen LogP contribution is -2.16. The van der Waals surface area contributed by atoms with E-state index in [0.29, 0.717) is 17.2 Å². The minimum Gasteiger partial charge on any atom is -0.508 e. The monoisotopic (exact) mass is 375 g/mol. The first-order chi connectivity index (χ1) is 13.4. The van der Waals surface area contributed by atoms with Gasteiger partial charge in [0, 0.05) is 5.56 Å². The van der Waals surface area contributed by atoms with Crippen LogP contribution in [-0.2, 0) is 11.2 Å². The van der Waals surface area contributed by atoms with Crippen molar-refractivity contribution in [2.45, 2.75) is 20.3 Å². The Morgan fingerprint density at radius 3 is 2.21 bits per heavy atom. The predicted octanol–water partition coefficient (Wildman–Crippen LogP) is 4.16. The summed E-state index contributed by atoms with van der Waals surface area (Å²) in [6.45, 7) is 3.88. The Balaban J connectivity index is 1.85. The highest BCUT2D eigenvalue weighted by Gasteiger charge is 2.11. The van der Waals surface area contributed by atoms with E-state index < -0.39 is 0 Å². The van der Waals surface area contributed by atoms with E-state index in [2.05, 4.69) is 15.3 Å². The molecule has 0 spiro atoms. The number of hydrogen-bond acceptors (Lipinski definition) is 5. The smallest absolute Gasteiger partial charge is 0.230 e. The van der Waals surface area contributed by atoms with Gasteiger partial charge in [-0.3, -0.25) is 4.79 Å². The highest BCUT2D eigenvalue weighted by molar-refractivity contribution is 5.93. The maximum absolute atomic E-state index is 12.4. The highest BCUT2D eigenvalue weighted by atomic mass is 16.3. The minimum atomic E-state index is -0.222. The second kappa shape index (κ2) is 8.35. The SMILES string of the molecule is CC(C)=Cc1nc(-c2ccc(O)cc2)cnc1NC(=O)Cc1ccc(O)cc1. The van der Waals surface area contributed by atoms with E-state index in [1.807, 2.05) is 19.9 Å². The summed E-state index contributed by atoms with van der Waals surface area (Å²) in [6, 6.07) is 13.2. The van der Waals surface area contributed by atoms with Crippen LogP contribution in [0.3, 0.4) is 0 Å². The average Bonchev–Trinajstić information content (AvgIpc) is 2.65. The van der Waals surface area contributed by atoms with Crippen LogP contribution in [-0.4, -0.2) is 26.1 Å². The fraction of sp³-hybridized carbons (Fsp3) is 0.136. The first kappa shape index (κ1) is 19.1. The lowest BCUT2D eigenvalue weighted by Gasteiger charge is -2.10. The normalized spacial score (nSPS) is 10.4. The molecule has 0 aliphatic heterocycles. The molecular formula is C22H21N3O3. The summed E-state index contributed by atoms with van der Waals surface area (Å²) in [5, 5.41) is 21.6.